The van der Waals surface area contributed by atoms with Gasteiger partial charge in [0.2, 0.25) is 0 Å². The van der Waals surface area contributed by atoms with Gasteiger partial charge in [-0.05, 0) is 18.2 Å². The molecule has 100 valence electrons. The van der Waals surface area contributed by atoms with Crippen LogP contribution in [0.5, 0.6) is 0 Å². The fourth-order valence-corrected chi connectivity index (χ4v) is 2.20. The van der Waals surface area contributed by atoms with Crippen LogP contribution in [-0.4, -0.2) is 48.7 Å². The number of fused-ring (bicyclic) bond motifs is 1. The minimum Gasteiger partial charge on any atom is -0.366 e. The first kappa shape index (κ1) is 12.1. The Hall–Kier alpha value is -1.92. The highest BCUT2D eigenvalue weighted by atomic mass is 16.5. The van der Waals surface area contributed by atoms with Crippen LogP contribution < -0.4 is 10.2 Å². The number of hydrogen-bond acceptors (Lipinski definition) is 4. The zero-order valence-electron chi connectivity index (χ0n) is 10.7. The van der Waals surface area contributed by atoms with Crippen molar-refractivity contribution in [3.8, 4) is 0 Å². The van der Waals surface area contributed by atoms with Crippen LogP contribution in [0.2, 0.25) is 0 Å². The van der Waals surface area contributed by atoms with Gasteiger partial charge in [0, 0.05) is 25.8 Å². The van der Waals surface area contributed by atoms with E-state index in [4.69, 9.17) is 4.74 Å². The third-order valence-electron chi connectivity index (χ3n) is 3.32. The van der Waals surface area contributed by atoms with Crippen molar-refractivity contribution >= 4 is 22.6 Å². The van der Waals surface area contributed by atoms with Gasteiger partial charge in [0.15, 0.2) is 0 Å². The molecule has 0 spiro atoms. The first-order chi connectivity index (χ1) is 9.25. The summed E-state index contributed by atoms with van der Waals surface area (Å²) >= 11 is 0. The minimum atomic E-state index is -0.406. The molecule has 1 aromatic heterocycles. The maximum atomic E-state index is 12.3. The molecule has 0 saturated carbocycles. The van der Waals surface area contributed by atoms with E-state index in [0.717, 1.165) is 23.3 Å². The molecule has 2 heterocycles. The topological polar surface area (TPSA) is 70.2 Å². The van der Waals surface area contributed by atoms with Crippen molar-refractivity contribution < 1.29 is 9.53 Å². The van der Waals surface area contributed by atoms with E-state index in [1.165, 1.54) is 0 Å². The molecule has 2 aromatic rings. The van der Waals surface area contributed by atoms with Gasteiger partial charge in [-0.3, -0.25) is 4.79 Å². The van der Waals surface area contributed by atoms with Gasteiger partial charge in [0.25, 0.3) is 5.91 Å². The molecule has 1 unspecified atom stereocenters. The van der Waals surface area contributed by atoms with Crippen LogP contribution in [0.15, 0.2) is 24.5 Å². The van der Waals surface area contributed by atoms with E-state index >= 15 is 0 Å². The molecule has 0 bridgehead atoms. The molecule has 1 saturated heterocycles. The van der Waals surface area contributed by atoms with Gasteiger partial charge in [0.05, 0.1) is 24.0 Å². The van der Waals surface area contributed by atoms with Gasteiger partial charge in [-0.1, -0.05) is 0 Å². The number of anilines is 1. The normalized spacial score (nSPS) is 19.5. The Morgan fingerprint density at radius 3 is 3.21 bits per heavy atom. The standard InChI is InChI=1S/C13H16N4O2/c1-17(13(18)12-7-14-4-5-19-12)9-2-3-10-11(6-9)16-8-15-10/h2-3,6,8,12,14H,4-5,7H2,1H3,(H,15,16). The Morgan fingerprint density at radius 2 is 2.42 bits per heavy atom. The molecule has 19 heavy (non-hydrogen) atoms. The third-order valence-corrected chi connectivity index (χ3v) is 3.32. The van der Waals surface area contributed by atoms with Crippen molar-refractivity contribution in [2.75, 3.05) is 31.6 Å². The summed E-state index contributed by atoms with van der Waals surface area (Å²) in [6.07, 6.45) is 1.24. The van der Waals surface area contributed by atoms with Crippen molar-refractivity contribution in [3.63, 3.8) is 0 Å². The molecule has 6 nitrogen and oxygen atoms in total. The lowest BCUT2D eigenvalue weighted by Crippen LogP contribution is -2.48. The van der Waals surface area contributed by atoms with Crippen LogP contribution >= 0.6 is 0 Å². The number of aromatic nitrogens is 2. The highest BCUT2D eigenvalue weighted by molar-refractivity contribution is 5.97. The summed E-state index contributed by atoms with van der Waals surface area (Å²) in [4.78, 5) is 21.1. The summed E-state index contributed by atoms with van der Waals surface area (Å²) < 4.78 is 5.48. The summed E-state index contributed by atoms with van der Waals surface area (Å²) in [5, 5.41) is 3.16. The number of likely N-dealkylation sites (N-methyl/N-ethyl adjacent to an activating group) is 1. The molecule has 1 fully saturated rings. The smallest absolute Gasteiger partial charge is 0.257 e. The van der Waals surface area contributed by atoms with Crippen molar-refractivity contribution in [1.29, 1.82) is 0 Å². The fraction of sp³-hybridized carbons (Fsp3) is 0.385. The summed E-state index contributed by atoms with van der Waals surface area (Å²) in [6.45, 7) is 1.94. The lowest BCUT2D eigenvalue weighted by Gasteiger charge is -2.27. The average molecular weight is 260 g/mol. The van der Waals surface area contributed by atoms with Crippen molar-refractivity contribution in [2.24, 2.45) is 0 Å². The number of carbonyl (C=O) groups excluding carboxylic acids is 1. The maximum absolute atomic E-state index is 12.3. The fourth-order valence-electron chi connectivity index (χ4n) is 2.20. The average Bonchev–Trinajstić information content (AvgIpc) is 2.94. The monoisotopic (exact) mass is 260 g/mol. The quantitative estimate of drug-likeness (QED) is 0.825. The van der Waals surface area contributed by atoms with Gasteiger partial charge in [0.1, 0.15) is 6.10 Å². The number of nitrogens with one attached hydrogen (secondary N) is 2. The van der Waals surface area contributed by atoms with Gasteiger partial charge >= 0.3 is 0 Å². The Morgan fingerprint density at radius 1 is 1.53 bits per heavy atom. The second kappa shape index (κ2) is 4.99. The molecular weight excluding hydrogens is 244 g/mol. The first-order valence-corrected chi connectivity index (χ1v) is 6.29. The third kappa shape index (κ3) is 2.32. The number of imidazole rings is 1. The highest BCUT2D eigenvalue weighted by Gasteiger charge is 2.25. The summed E-state index contributed by atoms with van der Waals surface area (Å²) in [7, 11) is 1.76. The molecule has 2 N–H and O–H groups in total. The lowest BCUT2D eigenvalue weighted by molar-refractivity contribution is -0.131. The van der Waals surface area contributed by atoms with Crippen LogP contribution in [0.3, 0.4) is 0 Å². The van der Waals surface area contributed by atoms with Crippen molar-refractivity contribution in [2.45, 2.75) is 6.10 Å². The van der Waals surface area contributed by atoms with E-state index in [1.54, 1.807) is 18.3 Å². The number of amides is 1. The van der Waals surface area contributed by atoms with Crippen molar-refractivity contribution in [3.05, 3.63) is 24.5 Å². The van der Waals surface area contributed by atoms with E-state index < -0.39 is 6.10 Å². The van der Waals surface area contributed by atoms with Crippen molar-refractivity contribution in [1.82, 2.24) is 15.3 Å². The van der Waals surface area contributed by atoms with E-state index in [2.05, 4.69) is 15.3 Å². The number of ether oxygens (including phenoxy) is 1. The number of carbonyl (C=O) groups is 1. The number of rotatable bonds is 2. The second-order valence-corrected chi connectivity index (χ2v) is 4.56. The number of H-pyrrole nitrogens is 1. The van der Waals surface area contributed by atoms with Crippen LogP contribution in [-0.2, 0) is 9.53 Å². The molecule has 1 amide bonds. The Kier molecular flexibility index (Phi) is 3.18. The molecule has 1 aromatic carbocycles. The Bertz CT molecular complexity index is 589. The molecule has 3 rings (SSSR count). The largest absolute Gasteiger partial charge is 0.366 e. The molecule has 1 aliphatic heterocycles. The molecular formula is C13H16N4O2. The lowest BCUT2D eigenvalue weighted by atomic mass is 10.2. The number of nitrogens with zero attached hydrogens (tertiary/aromatic N) is 2. The van der Waals surface area contributed by atoms with Gasteiger partial charge in [-0.15, -0.1) is 0 Å². The first-order valence-electron chi connectivity index (χ1n) is 6.29. The van der Waals surface area contributed by atoms with Gasteiger partial charge in [-0.25, -0.2) is 4.98 Å². The summed E-state index contributed by atoms with van der Waals surface area (Å²) in [6, 6.07) is 5.69. The van der Waals surface area contributed by atoms with Crippen LogP contribution in [0.4, 0.5) is 5.69 Å². The molecule has 6 heteroatoms. The van der Waals surface area contributed by atoms with E-state index in [9.17, 15) is 4.79 Å². The van der Waals surface area contributed by atoms with Gasteiger partial charge < -0.3 is 19.9 Å². The Balaban J connectivity index is 1.81. The second-order valence-electron chi connectivity index (χ2n) is 4.56. The Labute approximate surface area is 110 Å². The van der Waals surface area contributed by atoms with E-state index in [-0.39, 0.29) is 5.91 Å². The maximum Gasteiger partial charge on any atom is 0.257 e. The highest BCUT2D eigenvalue weighted by Crippen LogP contribution is 2.19. The van der Waals surface area contributed by atoms with E-state index in [1.807, 2.05) is 18.2 Å². The number of hydrogen-bond donors (Lipinski definition) is 2. The summed E-state index contributed by atoms with van der Waals surface area (Å²) in [5.41, 5.74) is 2.64. The van der Waals surface area contributed by atoms with Crippen LogP contribution in [0.1, 0.15) is 0 Å². The predicted molar refractivity (Wildman–Crippen MR) is 72.1 cm³/mol. The minimum absolute atomic E-state index is 0.0361. The molecule has 0 aliphatic carbocycles. The predicted octanol–water partition coefficient (Wildman–Crippen LogP) is 0.514. The molecule has 1 aliphatic rings. The number of aromatic amines is 1. The van der Waals surface area contributed by atoms with Crippen LogP contribution in [0.25, 0.3) is 11.0 Å². The zero-order chi connectivity index (χ0) is 13.2. The summed E-state index contributed by atoms with van der Waals surface area (Å²) in [5.74, 6) is -0.0361. The molecule has 1 atom stereocenters. The van der Waals surface area contributed by atoms with Gasteiger partial charge in [-0.2, -0.15) is 0 Å². The zero-order valence-corrected chi connectivity index (χ0v) is 10.7. The van der Waals surface area contributed by atoms with Crippen LogP contribution in [0, 0.1) is 0 Å². The number of benzene rings is 1. The molecule has 0 radical (unpaired) electrons. The van der Waals surface area contributed by atoms with E-state index in [0.29, 0.717) is 13.2 Å². The number of morpholine rings is 1. The SMILES string of the molecule is CN(C(=O)C1CNCCO1)c1ccc2nc[nH]c2c1.